The Bertz CT molecular complexity index is 586. The van der Waals surface area contributed by atoms with Crippen molar-refractivity contribution in [2.24, 2.45) is 0 Å². The van der Waals surface area contributed by atoms with E-state index in [4.69, 9.17) is 20.9 Å². The highest BCUT2D eigenvalue weighted by Gasteiger charge is 2.05. The van der Waals surface area contributed by atoms with Crippen molar-refractivity contribution in [3.8, 4) is 5.75 Å². The fourth-order valence-electron chi connectivity index (χ4n) is 1.48. The van der Waals surface area contributed by atoms with E-state index in [1.807, 2.05) is 0 Å². The van der Waals surface area contributed by atoms with E-state index in [1.54, 1.807) is 37.3 Å². The Morgan fingerprint density at radius 2 is 2.30 bits per heavy atom. The van der Waals surface area contributed by atoms with Crippen LogP contribution in [0.1, 0.15) is 5.76 Å². The lowest BCUT2D eigenvalue weighted by Crippen LogP contribution is -2.32. The Morgan fingerprint density at radius 3 is 3.00 bits per heavy atom. The van der Waals surface area contributed by atoms with E-state index < -0.39 is 0 Å². The monoisotopic (exact) mass is 295 g/mol. The lowest BCUT2D eigenvalue weighted by Gasteiger charge is -2.07. The predicted molar refractivity (Wildman–Crippen MR) is 75.2 cm³/mol. The summed E-state index contributed by atoms with van der Waals surface area (Å²) in [5.74, 6) is 1.66. The molecule has 1 aromatic carbocycles. The summed E-state index contributed by atoms with van der Waals surface area (Å²) in [6, 6.07) is 8.32. The number of amides is 2. The van der Waals surface area contributed by atoms with Crippen molar-refractivity contribution in [3.63, 3.8) is 0 Å². The summed E-state index contributed by atoms with van der Waals surface area (Å²) in [6.45, 7) is 2.44. The first-order valence-corrected chi connectivity index (χ1v) is 6.38. The molecule has 0 saturated carbocycles. The number of benzene rings is 1. The number of rotatable bonds is 5. The number of halogens is 1. The highest BCUT2D eigenvalue weighted by molar-refractivity contribution is 6.30. The van der Waals surface area contributed by atoms with Gasteiger partial charge in [-0.3, -0.25) is 5.32 Å². The molecule has 0 saturated heterocycles. The zero-order valence-corrected chi connectivity index (χ0v) is 11.6. The van der Waals surface area contributed by atoms with Crippen LogP contribution in [0.3, 0.4) is 0 Å². The van der Waals surface area contributed by atoms with Crippen molar-refractivity contribution in [1.29, 1.82) is 0 Å². The maximum absolute atomic E-state index is 11.5. The Hall–Kier alpha value is -2.21. The molecule has 0 fully saturated rings. The van der Waals surface area contributed by atoms with E-state index in [0.29, 0.717) is 35.5 Å². The van der Waals surface area contributed by atoms with Crippen molar-refractivity contribution >= 4 is 23.4 Å². The van der Waals surface area contributed by atoms with Gasteiger partial charge in [-0.25, -0.2) is 4.79 Å². The van der Waals surface area contributed by atoms with Crippen LogP contribution in [0.2, 0.25) is 5.02 Å². The van der Waals surface area contributed by atoms with Crippen LogP contribution in [0.25, 0.3) is 0 Å². The summed E-state index contributed by atoms with van der Waals surface area (Å²) >= 11 is 5.82. The van der Waals surface area contributed by atoms with Crippen LogP contribution >= 0.6 is 11.6 Å². The van der Waals surface area contributed by atoms with Gasteiger partial charge in [-0.15, -0.1) is 0 Å². The molecular formula is C13H14ClN3O3. The van der Waals surface area contributed by atoms with E-state index in [9.17, 15) is 4.79 Å². The van der Waals surface area contributed by atoms with Gasteiger partial charge in [0.1, 0.15) is 18.1 Å². The minimum atomic E-state index is -0.368. The number of anilines is 1. The smallest absolute Gasteiger partial charge is 0.320 e. The molecule has 2 amide bonds. The number of carbonyl (C=O) groups is 1. The summed E-state index contributed by atoms with van der Waals surface area (Å²) in [5.41, 5.74) is 0. The third-order valence-corrected chi connectivity index (χ3v) is 2.56. The molecule has 20 heavy (non-hydrogen) atoms. The van der Waals surface area contributed by atoms with Crippen molar-refractivity contribution in [1.82, 2.24) is 10.5 Å². The second kappa shape index (κ2) is 6.81. The first-order valence-electron chi connectivity index (χ1n) is 6.00. The van der Waals surface area contributed by atoms with Crippen LogP contribution in [-0.2, 0) is 0 Å². The van der Waals surface area contributed by atoms with Gasteiger partial charge in [-0.2, -0.15) is 0 Å². The number of hydrogen-bond donors (Lipinski definition) is 2. The quantitative estimate of drug-likeness (QED) is 0.832. The average Bonchev–Trinajstić information content (AvgIpc) is 2.80. The molecule has 2 N–H and O–H groups in total. The van der Waals surface area contributed by atoms with Gasteiger partial charge in [0.05, 0.1) is 6.54 Å². The van der Waals surface area contributed by atoms with Gasteiger partial charge >= 0.3 is 6.03 Å². The van der Waals surface area contributed by atoms with Crippen LogP contribution < -0.4 is 15.4 Å². The molecule has 2 rings (SSSR count). The molecule has 7 heteroatoms. The Labute approximate surface area is 121 Å². The summed E-state index contributed by atoms with van der Waals surface area (Å²) < 4.78 is 10.3. The molecule has 0 unspecified atom stereocenters. The number of carbonyl (C=O) groups excluding carboxylic acids is 1. The molecule has 2 aromatic rings. The van der Waals surface area contributed by atoms with Crippen molar-refractivity contribution in [3.05, 3.63) is 41.1 Å². The van der Waals surface area contributed by atoms with Crippen molar-refractivity contribution in [2.45, 2.75) is 6.92 Å². The van der Waals surface area contributed by atoms with Gasteiger partial charge in [-0.05, 0) is 25.1 Å². The molecule has 0 atom stereocenters. The first-order chi connectivity index (χ1) is 9.63. The zero-order valence-electron chi connectivity index (χ0n) is 10.9. The summed E-state index contributed by atoms with van der Waals surface area (Å²) in [4.78, 5) is 11.5. The van der Waals surface area contributed by atoms with Crippen LogP contribution in [0.4, 0.5) is 10.6 Å². The van der Waals surface area contributed by atoms with Crippen molar-refractivity contribution in [2.75, 3.05) is 18.5 Å². The molecule has 6 nitrogen and oxygen atoms in total. The normalized spacial score (nSPS) is 10.1. The number of nitrogens with one attached hydrogen (secondary N) is 2. The standard InChI is InChI=1S/C13H14ClN3O3/c1-9-7-12(17-20-9)16-13(18)15-5-6-19-11-4-2-3-10(14)8-11/h2-4,7-8H,5-6H2,1H3,(H2,15,16,17,18). The second-order valence-corrected chi connectivity index (χ2v) is 4.45. The molecule has 106 valence electrons. The number of aromatic nitrogens is 1. The number of nitrogens with zero attached hydrogens (tertiary/aromatic N) is 1. The fourth-order valence-corrected chi connectivity index (χ4v) is 1.66. The SMILES string of the molecule is Cc1cc(NC(=O)NCCOc2cccc(Cl)c2)no1. The van der Waals surface area contributed by atoms with E-state index in [-0.39, 0.29) is 6.03 Å². The van der Waals surface area contributed by atoms with E-state index in [0.717, 1.165) is 0 Å². The summed E-state index contributed by atoms with van der Waals surface area (Å²) in [6.07, 6.45) is 0. The average molecular weight is 296 g/mol. The maximum atomic E-state index is 11.5. The van der Waals surface area contributed by atoms with E-state index in [2.05, 4.69) is 15.8 Å². The minimum absolute atomic E-state index is 0.339. The minimum Gasteiger partial charge on any atom is -0.492 e. The van der Waals surface area contributed by atoms with Gasteiger partial charge < -0.3 is 14.6 Å². The number of aryl methyl sites for hydroxylation is 1. The van der Waals surface area contributed by atoms with Gasteiger partial charge in [0.25, 0.3) is 0 Å². The third-order valence-electron chi connectivity index (χ3n) is 2.32. The molecule has 0 bridgehead atoms. The molecule has 0 radical (unpaired) electrons. The summed E-state index contributed by atoms with van der Waals surface area (Å²) in [5, 5.41) is 9.43. The highest BCUT2D eigenvalue weighted by Crippen LogP contribution is 2.16. The first kappa shape index (κ1) is 14.2. The molecular weight excluding hydrogens is 282 g/mol. The molecule has 0 aliphatic heterocycles. The van der Waals surface area contributed by atoms with Gasteiger partial charge in [0.15, 0.2) is 5.82 Å². The lowest BCUT2D eigenvalue weighted by atomic mass is 10.3. The molecule has 0 spiro atoms. The molecule has 0 aliphatic rings. The maximum Gasteiger partial charge on any atom is 0.320 e. The van der Waals surface area contributed by atoms with Gasteiger partial charge in [-0.1, -0.05) is 22.8 Å². The lowest BCUT2D eigenvalue weighted by molar-refractivity contribution is 0.247. The van der Waals surface area contributed by atoms with Gasteiger partial charge in [0, 0.05) is 11.1 Å². The number of ether oxygens (including phenoxy) is 1. The highest BCUT2D eigenvalue weighted by atomic mass is 35.5. The Balaban J connectivity index is 1.67. The third kappa shape index (κ3) is 4.47. The predicted octanol–water partition coefficient (Wildman–Crippen LogP) is 2.84. The van der Waals surface area contributed by atoms with E-state index in [1.165, 1.54) is 0 Å². The number of urea groups is 1. The van der Waals surface area contributed by atoms with E-state index >= 15 is 0 Å². The Morgan fingerprint density at radius 1 is 1.45 bits per heavy atom. The van der Waals surface area contributed by atoms with Crippen LogP contribution in [0.5, 0.6) is 5.75 Å². The summed E-state index contributed by atoms with van der Waals surface area (Å²) in [7, 11) is 0. The second-order valence-electron chi connectivity index (χ2n) is 4.01. The van der Waals surface area contributed by atoms with Crippen LogP contribution in [0.15, 0.2) is 34.9 Å². The Kier molecular flexibility index (Phi) is 4.84. The fraction of sp³-hybridized carbons (Fsp3) is 0.231. The van der Waals surface area contributed by atoms with Crippen LogP contribution in [-0.4, -0.2) is 24.3 Å². The molecule has 1 aromatic heterocycles. The molecule has 0 aliphatic carbocycles. The van der Waals surface area contributed by atoms with Gasteiger partial charge in [0.2, 0.25) is 0 Å². The van der Waals surface area contributed by atoms with Crippen LogP contribution in [0, 0.1) is 6.92 Å². The topological polar surface area (TPSA) is 76.4 Å². The molecule has 1 heterocycles. The largest absolute Gasteiger partial charge is 0.492 e. The van der Waals surface area contributed by atoms with Crippen molar-refractivity contribution < 1.29 is 14.1 Å². The zero-order chi connectivity index (χ0) is 14.4. The number of hydrogen-bond acceptors (Lipinski definition) is 4.